The average molecular weight is 295 g/mol. The van der Waals surface area contributed by atoms with E-state index in [1.807, 2.05) is 30.3 Å². The Labute approximate surface area is 121 Å². The van der Waals surface area contributed by atoms with Gasteiger partial charge in [-0.05, 0) is 23.3 Å². The predicted molar refractivity (Wildman–Crippen MR) is 74.1 cm³/mol. The second kappa shape index (κ2) is 6.74. The van der Waals surface area contributed by atoms with Crippen molar-refractivity contribution in [2.24, 2.45) is 0 Å². The van der Waals surface area contributed by atoms with Gasteiger partial charge in [-0.3, -0.25) is 0 Å². The van der Waals surface area contributed by atoms with Gasteiger partial charge in [0.15, 0.2) is 0 Å². The fourth-order valence-corrected chi connectivity index (χ4v) is 1.97. The van der Waals surface area contributed by atoms with E-state index in [9.17, 15) is 13.2 Å². The van der Waals surface area contributed by atoms with Crippen molar-refractivity contribution in [2.75, 3.05) is 7.11 Å². The quantitative estimate of drug-likeness (QED) is 0.764. The summed E-state index contributed by atoms with van der Waals surface area (Å²) in [4.78, 5) is 5.27. The molecule has 21 heavy (non-hydrogen) atoms. The Balaban J connectivity index is 2.02. The molecule has 2 rings (SSSR count). The standard InChI is InChI=1S/C16H16F3NO/c1-21-20(11-13-5-3-2-4-6-13)12-14-7-9-15(10-8-14)16(17,18)19/h2-10H,11-12H2,1H3. The summed E-state index contributed by atoms with van der Waals surface area (Å²) in [6, 6.07) is 14.9. The molecule has 0 aliphatic heterocycles. The smallest absolute Gasteiger partial charge is 0.302 e. The van der Waals surface area contributed by atoms with Crippen molar-refractivity contribution < 1.29 is 18.0 Å². The molecule has 0 radical (unpaired) electrons. The van der Waals surface area contributed by atoms with Crippen LogP contribution in [0.4, 0.5) is 13.2 Å². The summed E-state index contributed by atoms with van der Waals surface area (Å²) in [5, 5.41) is 1.69. The van der Waals surface area contributed by atoms with Gasteiger partial charge in [0.05, 0.1) is 12.7 Å². The van der Waals surface area contributed by atoms with Crippen LogP contribution in [0.5, 0.6) is 0 Å². The Morgan fingerprint density at radius 3 is 1.86 bits per heavy atom. The minimum absolute atomic E-state index is 0.420. The van der Waals surface area contributed by atoms with Crippen LogP contribution in [0, 0.1) is 0 Å². The van der Waals surface area contributed by atoms with Crippen LogP contribution in [0.1, 0.15) is 16.7 Å². The predicted octanol–water partition coefficient (Wildman–Crippen LogP) is 4.27. The molecule has 112 valence electrons. The number of hydrogen-bond donors (Lipinski definition) is 0. The molecule has 0 amide bonds. The van der Waals surface area contributed by atoms with Crippen LogP contribution in [0.2, 0.25) is 0 Å². The second-order valence-corrected chi connectivity index (χ2v) is 4.66. The monoisotopic (exact) mass is 295 g/mol. The molecule has 0 atom stereocenters. The first-order valence-corrected chi connectivity index (χ1v) is 6.48. The first-order chi connectivity index (χ1) is 9.99. The summed E-state index contributed by atoms with van der Waals surface area (Å²) < 4.78 is 37.5. The summed E-state index contributed by atoms with van der Waals surface area (Å²) >= 11 is 0. The molecular formula is C16H16F3NO. The number of rotatable bonds is 5. The molecule has 0 unspecified atom stereocenters. The van der Waals surface area contributed by atoms with Crippen LogP contribution in [0.3, 0.4) is 0 Å². The van der Waals surface area contributed by atoms with E-state index in [0.29, 0.717) is 13.1 Å². The lowest BCUT2D eigenvalue weighted by Crippen LogP contribution is -2.21. The maximum absolute atomic E-state index is 12.5. The highest BCUT2D eigenvalue weighted by Gasteiger charge is 2.29. The van der Waals surface area contributed by atoms with Crippen LogP contribution in [0.15, 0.2) is 54.6 Å². The van der Waals surface area contributed by atoms with Crippen LogP contribution in [-0.2, 0) is 24.1 Å². The lowest BCUT2D eigenvalue weighted by Gasteiger charge is -2.20. The van der Waals surface area contributed by atoms with Crippen molar-refractivity contribution in [1.29, 1.82) is 0 Å². The van der Waals surface area contributed by atoms with Gasteiger partial charge in [0.2, 0.25) is 0 Å². The number of halogens is 3. The molecule has 0 fully saturated rings. The number of alkyl halides is 3. The van der Waals surface area contributed by atoms with Crippen LogP contribution in [-0.4, -0.2) is 12.2 Å². The third kappa shape index (κ3) is 4.58. The topological polar surface area (TPSA) is 12.5 Å². The van der Waals surface area contributed by atoms with E-state index in [1.165, 1.54) is 12.1 Å². The fourth-order valence-electron chi connectivity index (χ4n) is 1.97. The van der Waals surface area contributed by atoms with Crippen LogP contribution in [0.25, 0.3) is 0 Å². The zero-order valence-corrected chi connectivity index (χ0v) is 11.6. The molecule has 0 aliphatic carbocycles. The molecule has 2 aromatic carbocycles. The van der Waals surface area contributed by atoms with Crippen LogP contribution >= 0.6 is 0 Å². The molecule has 0 saturated heterocycles. The van der Waals surface area contributed by atoms with Gasteiger partial charge in [-0.25, -0.2) is 0 Å². The van der Waals surface area contributed by atoms with E-state index < -0.39 is 11.7 Å². The zero-order chi connectivity index (χ0) is 15.3. The molecule has 0 saturated carbocycles. The maximum Gasteiger partial charge on any atom is 0.416 e. The van der Waals surface area contributed by atoms with Gasteiger partial charge in [-0.1, -0.05) is 42.5 Å². The Kier molecular flexibility index (Phi) is 4.98. The molecule has 2 nitrogen and oxygen atoms in total. The lowest BCUT2D eigenvalue weighted by molar-refractivity contribution is -0.146. The van der Waals surface area contributed by atoms with Gasteiger partial charge < -0.3 is 4.84 Å². The molecular weight excluding hydrogens is 279 g/mol. The van der Waals surface area contributed by atoms with Gasteiger partial charge in [-0.2, -0.15) is 18.2 Å². The molecule has 0 aromatic heterocycles. The molecule has 0 aliphatic rings. The Bertz CT molecular complexity index is 552. The van der Waals surface area contributed by atoms with Crippen molar-refractivity contribution in [1.82, 2.24) is 5.06 Å². The molecule has 0 N–H and O–H groups in total. The van der Waals surface area contributed by atoms with Gasteiger partial charge in [0.25, 0.3) is 0 Å². The van der Waals surface area contributed by atoms with E-state index in [4.69, 9.17) is 4.84 Å². The minimum atomic E-state index is -4.30. The molecule has 0 heterocycles. The molecule has 5 heteroatoms. The highest BCUT2D eigenvalue weighted by atomic mass is 19.4. The summed E-state index contributed by atoms with van der Waals surface area (Å²) in [7, 11) is 1.55. The van der Waals surface area contributed by atoms with E-state index in [1.54, 1.807) is 12.2 Å². The van der Waals surface area contributed by atoms with Crippen molar-refractivity contribution >= 4 is 0 Å². The molecule has 0 spiro atoms. The summed E-state index contributed by atoms with van der Waals surface area (Å²) in [6.45, 7) is 0.988. The maximum atomic E-state index is 12.5. The highest BCUT2D eigenvalue weighted by molar-refractivity contribution is 5.24. The first-order valence-electron chi connectivity index (χ1n) is 6.48. The number of hydrogen-bond acceptors (Lipinski definition) is 2. The molecule has 2 aromatic rings. The Morgan fingerprint density at radius 1 is 0.857 bits per heavy atom. The zero-order valence-electron chi connectivity index (χ0n) is 11.6. The van der Waals surface area contributed by atoms with Gasteiger partial charge in [-0.15, -0.1) is 0 Å². The lowest BCUT2D eigenvalue weighted by atomic mass is 10.1. The minimum Gasteiger partial charge on any atom is -0.302 e. The number of hydroxylamine groups is 2. The van der Waals surface area contributed by atoms with Gasteiger partial charge in [0.1, 0.15) is 0 Å². The molecule has 0 bridgehead atoms. The van der Waals surface area contributed by atoms with Crippen LogP contribution < -0.4 is 0 Å². The summed E-state index contributed by atoms with van der Waals surface area (Å²) in [5.41, 5.74) is 1.20. The first kappa shape index (κ1) is 15.5. The largest absolute Gasteiger partial charge is 0.416 e. The van der Waals surface area contributed by atoms with Gasteiger partial charge >= 0.3 is 6.18 Å². The van der Waals surface area contributed by atoms with E-state index in [2.05, 4.69) is 0 Å². The Morgan fingerprint density at radius 2 is 1.38 bits per heavy atom. The third-order valence-electron chi connectivity index (χ3n) is 3.10. The van der Waals surface area contributed by atoms with Crippen molar-refractivity contribution in [3.8, 4) is 0 Å². The van der Waals surface area contributed by atoms with E-state index in [-0.39, 0.29) is 0 Å². The van der Waals surface area contributed by atoms with Crippen molar-refractivity contribution in [2.45, 2.75) is 19.3 Å². The van der Waals surface area contributed by atoms with Gasteiger partial charge in [0, 0.05) is 13.1 Å². The summed E-state index contributed by atoms with van der Waals surface area (Å²) in [5.74, 6) is 0. The highest BCUT2D eigenvalue weighted by Crippen LogP contribution is 2.29. The summed E-state index contributed by atoms with van der Waals surface area (Å²) in [6.07, 6.45) is -4.30. The fraction of sp³-hybridized carbons (Fsp3) is 0.250. The van der Waals surface area contributed by atoms with Crippen molar-refractivity contribution in [3.05, 3.63) is 71.3 Å². The second-order valence-electron chi connectivity index (χ2n) is 4.66. The third-order valence-corrected chi connectivity index (χ3v) is 3.10. The van der Waals surface area contributed by atoms with Crippen molar-refractivity contribution in [3.63, 3.8) is 0 Å². The van der Waals surface area contributed by atoms with E-state index in [0.717, 1.165) is 23.3 Å². The SMILES string of the molecule is CON(Cc1ccccc1)Cc1ccc(C(F)(F)F)cc1. The number of nitrogens with zero attached hydrogens (tertiary/aromatic N) is 1. The Hall–Kier alpha value is -1.85. The average Bonchev–Trinajstić information content (AvgIpc) is 2.47. The van der Waals surface area contributed by atoms with E-state index >= 15 is 0 Å². The number of benzene rings is 2. The normalized spacial score (nSPS) is 11.9.